The molecule has 0 spiro atoms. The molecule has 2 heteroatoms. The summed E-state index contributed by atoms with van der Waals surface area (Å²) in [6, 6.07) is 6.09. The summed E-state index contributed by atoms with van der Waals surface area (Å²) < 4.78 is 0. The van der Waals surface area contributed by atoms with Crippen LogP contribution in [0.4, 0.5) is 0 Å². The van der Waals surface area contributed by atoms with Gasteiger partial charge in [-0.3, -0.25) is 4.79 Å². The second-order valence-corrected chi connectivity index (χ2v) is 4.41. The van der Waals surface area contributed by atoms with Crippen LogP contribution < -0.4 is 5.32 Å². The summed E-state index contributed by atoms with van der Waals surface area (Å²) in [4.78, 5) is 12.0. The quantitative estimate of drug-likeness (QED) is 0.827. The molecule has 0 radical (unpaired) electrons. The van der Waals surface area contributed by atoms with Crippen LogP contribution in [0.25, 0.3) is 0 Å². The molecule has 1 atom stereocenters. The molecule has 0 aliphatic rings. The van der Waals surface area contributed by atoms with Crippen molar-refractivity contribution in [3.63, 3.8) is 0 Å². The molecule has 2 nitrogen and oxygen atoms in total. The van der Waals surface area contributed by atoms with Gasteiger partial charge in [0.05, 0.1) is 0 Å². The molecule has 1 rings (SSSR count). The first-order chi connectivity index (χ1) is 7.56. The van der Waals surface area contributed by atoms with Gasteiger partial charge in [0.15, 0.2) is 0 Å². The van der Waals surface area contributed by atoms with Crippen molar-refractivity contribution in [2.75, 3.05) is 0 Å². The maximum atomic E-state index is 12.0. The van der Waals surface area contributed by atoms with Gasteiger partial charge in [-0.25, -0.2) is 0 Å². The standard InChI is InChI=1S/C14H21NO/c1-5-7-11(3)15-14(16)13-9-6-8-10(2)12(13)4/h6,8-9,11H,5,7H2,1-4H3,(H,15,16). The Morgan fingerprint density at radius 3 is 2.69 bits per heavy atom. The molecule has 1 amide bonds. The van der Waals surface area contributed by atoms with Gasteiger partial charge in [-0.15, -0.1) is 0 Å². The van der Waals surface area contributed by atoms with E-state index in [-0.39, 0.29) is 11.9 Å². The predicted octanol–water partition coefficient (Wildman–Crippen LogP) is 3.22. The second-order valence-electron chi connectivity index (χ2n) is 4.41. The lowest BCUT2D eigenvalue weighted by atomic mass is 10.0. The Bertz CT molecular complexity index is 371. The Labute approximate surface area is 98.1 Å². The minimum Gasteiger partial charge on any atom is -0.350 e. The van der Waals surface area contributed by atoms with Crippen LogP contribution in [0.1, 0.15) is 48.2 Å². The second kappa shape index (κ2) is 5.69. The van der Waals surface area contributed by atoms with Crippen LogP contribution >= 0.6 is 0 Å². The molecular weight excluding hydrogens is 198 g/mol. The maximum absolute atomic E-state index is 12.0. The van der Waals surface area contributed by atoms with E-state index < -0.39 is 0 Å². The first-order valence-electron chi connectivity index (χ1n) is 5.93. The van der Waals surface area contributed by atoms with Crippen molar-refractivity contribution in [1.29, 1.82) is 0 Å². The monoisotopic (exact) mass is 219 g/mol. The van der Waals surface area contributed by atoms with Gasteiger partial charge in [0.2, 0.25) is 0 Å². The average Bonchev–Trinajstić information content (AvgIpc) is 2.22. The van der Waals surface area contributed by atoms with Crippen LogP contribution in [0, 0.1) is 13.8 Å². The Balaban J connectivity index is 2.77. The highest BCUT2D eigenvalue weighted by Crippen LogP contribution is 2.12. The fourth-order valence-electron chi connectivity index (χ4n) is 1.80. The van der Waals surface area contributed by atoms with Gasteiger partial charge in [-0.05, 0) is 44.4 Å². The zero-order valence-electron chi connectivity index (χ0n) is 10.6. The summed E-state index contributed by atoms with van der Waals surface area (Å²) in [5.41, 5.74) is 3.03. The zero-order chi connectivity index (χ0) is 12.1. The number of hydrogen-bond donors (Lipinski definition) is 1. The Morgan fingerprint density at radius 1 is 1.38 bits per heavy atom. The third kappa shape index (κ3) is 3.09. The Kier molecular flexibility index (Phi) is 4.53. The van der Waals surface area contributed by atoms with Gasteiger partial charge in [-0.2, -0.15) is 0 Å². The van der Waals surface area contributed by atoms with Gasteiger partial charge < -0.3 is 5.32 Å². The molecule has 1 N–H and O–H groups in total. The molecule has 0 saturated heterocycles. The minimum absolute atomic E-state index is 0.0437. The average molecular weight is 219 g/mol. The summed E-state index contributed by atoms with van der Waals surface area (Å²) in [5.74, 6) is 0.0437. The van der Waals surface area contributed by atoms with E-state index in [9.17, 15) is 4.79 Å². The minimum atomic E-state index is 0.0437. The molecule has 16 heavy (non-hydrogen) atoms. The van der Waals surface area contributed by atoms with Crippen molar-refractivity contribution < 1.29 is 4.79 Å². The first kappa shape index (κ1) is 12.8. The summed E-state index contributed by atoms with van der Waals surface area (Å²) in [7, 11) is 0. The number of carbonyl (C=O) groups is 1. The third-order valence-corrected chi connectivity index (χ3v) is 2.95. The number of aryl methyl sites for hydroxylation is 1. The van der Waals surface area contributed by atoms with Crippen molar-refractivity contribution in [2.24, 2.45) is 0 Å². The topological polar surface area (TPSA) is 29.1 Å². The van der Waals surface area contributed by atoms with Crippen LogP contribution in [0.15, 0.2) is 18.2 Å². The predicted molar refractivity (Wildman–Crippen MR) is 67.8 cm³/mol. The van der Waals surface area contributed by atoms with Crippen LogP contribution in [-0.2, 0) is 0 Å². The van der Waals surface area contributed by atoms with E-state index in [1.807, 2.05) is 39.0 Å². The molecule has 1 unspecified atom stereocenters. The van der Waals surface area contributed by atoms with Gasteiger partial charge >= 0.3 is 0 Å². The van der Waals surface area contributed by atoms with Crippen LogP contribution in [0.3, 0.4) is 0 Å². The molecule has 0 heterocycles. The lowest BCUT2D eigenvalue weighted by Gasteiger charge is -2.14. The fraction of sp³-hybridized carbons (Fsp3) is 0.500. The summed E-state index contributed by atoms with van der Waals surface area (Å²) in [5, 5.41) is 3.03. The van der Waals surface area contributed by atoms with Crippen molar-refractivity contribution in [1.82, 2.24) is 5.32 Å². The van der Waals surface area contributed by atoms with Crippen molar-refractivity contribution in [3.05, 3.63) is 34.9 Å². The molecule has 88 valence electrons. The van der Waals surface area contributed by atoms with Gasteiger partial charge in [0.25, 0.3) is 5.91 Å². The number of nitrogens with one attached hydrogen (secondary N) is 1. The summed E-state index contributed by atoms with van der Waals surface area (Å²) in [6.45, 7) is 8.20. The maximum Gasteiger partial charge on any atom is 0.251 e. The smallest absolute Gasteiger partial charge is 0.251 e. The molecule has 0 saturated carbocycles. The summed E-state index contributed by atoms with van der Waals surface area (Å²) in [6.07, 6.45) is 2.12. The highest BCUT2D eigenvalue weighted by Gasteiger charge is 2.11. The lowest BCUT2D eigenvalue weighted by Crippen LogP contribution is -2.32. The molecule has 0 aromatic heterocycles. The number of benzene rings is 1. The van der Waals surface area contributed by atoms with E-state index in [0.717, 1.165) is 29.5 Å². The van der Waals surface area contributed by atoms with Crippen LogP contribution in [0.5, 0.6) is 0 Å². The van der Waals surface area contributed by atoms with E-state index in [1.54, 1.807) is 0 Å². The number of amides is 1. The normalized spacial score (nSPS) is 12.2. The zero-order valence-corrected chi connectivity index (χ0v) is 10.6. The molecule has 0 fully saturated rings. The van der Waals surface area contributed by atoms with E-state index in [4.69, 9.17) is 0 Å². The van der Waals surface area contributed by atoms with E-state index in [0.29, 0.717) is 0 Å². The Hall–Kier alpha value is -1.31. The number of carbonyl (C=O) groups excluding carboxylic acids is 1. The van der Waals surface area contributed by atoms with Crippen molar-refractivity contribution >= 4 is 5.91 Å². The van der Waals surface area contributed by atoms with Gasteiger partial charge in [-0.1, -0.05) is 25.5 Å². The molecule has 1 aromatic rings. The van der Waals surface area contributed by atoms with Crippen LogP contribution in [-0.4, -0.2) is 11.9 Å². The third-order valence-electron chi connectivity index (χ3n) is 2.95. The number of hydrogen-bond acceptors (Lipinski definition) is 1. The molecular formula is C14H21NO. The summed E-state index contributed by atoms with van der Waals surface area (Å²) >= 11 is 0. The highest BCUT2D eigenvalue weighted by molar-refractivity contribution is 5.96. The van der Waals surface area contributed by atoms with Crippen molar-refractivity contribution in [3.8, 4) is 0 Å². The highest BCUT2D eigenvalue weighted by atomic mass is 16.1. The largest absolute Gasteiger partial charge is 0.350 e. The lowest BCUT2D eigenvalue weighted by molar-refractivity contribution is 0.0937. The number of rotatable bonds is 4. The van der Waals surface area contributed by atoms with Crippen molar-refractivity contribution in [2.45, 2.75) is 46.6 Å². The van der Waals surface area contributed by atoms with Crippen LogP contribution in [0.2, 0.25) is 0 Å². The van der Waals surface area contributed by atoms with Gasteiger partial charge in [0.1, 0.15) is 0 Å². The van der Waals surface area contributed by atoms with E-state index in [2.05, 4.69) is 12.2 Å². The molecule has 0 aliphatic heterocycles. The van der Waals surface area contributed by atoms with E-state index >= 15 is 0 Å². The van der Waals surface area contributed by atoms with Gasteiger partial charge in [0, 0.05) is 11.6 Å². The molecule has 1 aromatic carbocycles. The Morgan fingerprint density at radius 2 is 2.06 bits per heavy atom. The SMILES string of the molecule is CCCC(C)NC(=O)c1cccc(C)c1C. The molecule has 0 bridgehead atoms. The fourth-order valence-corrected chi connectivity index (χ4v) is 1.80. The van der Waals surface area contributed by atoms with E-state index in [1.165, 1.54) is 0 Å². The molecule has 0 aliphatic carbocycles. The first-order valence-corrected chi connectivity index (χ1v) is 5.93.